The molecule has 3 atom stereocenters. The molecule has 0 aliphatic heterocycles. The first kappa shape index (κ1) is 13.4. The number of nitrogens with zero attached hydrogens (tertiary/aromatic N) is 1. The molecular formula is C12H22N2OS. The number of carbonyl (C=O) groups excluding carboxylic acids is 1. The number of hydrogen-bond acceptors (Lipinski definition) is 2. The maximum absolute atomic E-state index is 12.1. The smallest absolute Gasteiger partial charge is 0.232 e. The summed E-state index contributed by atoms with van der Waals surface area (Å²) in [6, 6.07) is 0.359. The zero-order chi connectivity index (χ0) is 12.3. The van der Waals surface area contributed by atoms with E-state index in [2.05, 4.69) is 6.92 Å². The second kappa shape index (κ2) is 5.62. The molecule has 0 aromatic heterocycles. The molecule has 1 saturated carbocycles. The number of thiocarbonyl (C=S) groups is 1. The van der Waals surface area contributed by atoms with Gasteiger partial charge in [-0.1, -0.05) is 32.0 Å². The highest BCUT2D eigenvalue weighted by atomic mass is 32.1. The molecular weight excluding hydrogens is 220 g/mol. The first-order valence-electron chi connectivity index (χ1n) is 6.01. The van der Waals surface area contributed by atoms with Crippen LogP contribution in [0.1, 0.15) is 39.5 Å². The van der Waals surface area contributed by atoms with E-state index < -0.39 is 0 Å². The van der Waals surface area contributed by atoms with E-state index in [1.54, 1.807) is 6.92 Å². The summed E-state index contributed by atoms with van der Waals surface area (Å²) in [5.74, 6) is 0.307. The van der Waals surface area contributed by atoms with Crippen LogP contribution in [0.15, 0.2) is 0 Å². The van der Waals surface area contributed by atoms with Crippen molar-refractivity contribution in [1.82, 2.24) is 4.90 Å². The van der Waals surface area contributed by atoms with Crippen molar-refractivity contribution in [3.05, 3.63) is 0 Å². The fraction of sp³-hybridized carbons (Fsp3) is 0.833. The molecule has 0 aromatic carbocycles. The van der Waals surface area contributed by atoms with Crippen molar-refractivity contribution in [1.29, 1.82) is 0 Å². The molecule has 0 heterocycles. The maximum Gasteiger partial charge on any atom is 0.232 e. The van der Waals surface area contributed by atoms with Crippen LogP contribution >= 0.6 is 12.2 Å². The Hall–Kier alpha value is -0.640. The van der Waals surface area contributed by atoms with E-state index in [1.807, 2.05) is 11.9 Å². The summed E-state index contributed by atoms with van der Waals surface area (Å²) >= 11 is 4.87. The Morgan fingerprint density at radius 2 is 2.00 bits per heavy atom. The van der Waals surface area contributed by atoms with Gasteiger partial charge in [0.15, 0.2) is 0 Å². The molecule has 92 valence electrons. The van der Waals surface area contributed by atoms with Gasteiger partial charge < -0.3 is 10.6 Å². The third kappa shape index (κ3) is 2.94. The van der Waals surface area contributed by atoms with Crippen LogP contribution in [0.4, 0.5) is 0 Å². The molecule has 16 heavy (non-hydrogen) atoms. The molecule has 0 saturated heterocycles. The van der Waals surface area contributed by atoms with E-state index in [4.69, 9.17) is 18.0 Å². The molecule has 1 aliphatic carbocycles. The highest BCUT2D eigenvalue weighted by Crippen LogP contribution is 2.28. The van der Waals surface area contributed by atoms with Gasteiger partial charge in [0.2, 0.25) is 5.91 Å². The van der Waals surface area contributed by atoms with Gasteiger partial charge in [0.1, 0.15) is 0 Å². The van der Waals surface area contributed by atoms with E-state index in [9.17, 15) is 4.79 Å². The van der Waals surface area contributed by atoms with Gasteiger partial charge in [-0.05, 0) is 25.7 Å². The highest BCUT2D eigenvalue weighted by Gasteiger charge is 2.30. The second-order valence-corrected chi connectivity index (χ2v) is 5.37. The predicted octanol–water partition coefficient (Wildman–Crippen LogP) is 1.95. The van der Waals surface area contributed by atoms with Gasteiger partial charge in [0.25, 0.3) is 0 Å². The van der Waals surface area contributed by atoms with E-state index in [1.165, 1.54) is 19.3 Å². The summed E-state index contributed by atoms with van der Waals surface area (Å²) in [4.78, 5) is 14.2. The number of carbonyl (C=O) groups is 1. The van der Waals surface area contributed by atoms with Crippen LogP contribution in [0, 0.1) is 11.8 Å². The van der Waals surface area contributed by atoms with Gasteiger partial charge in [0, 0.05) is 13.1 Å². The normalized spacial score (nSPS) is 27.2. The highest BCUT2D eigenvalue weighted by molar-refractivity contribution is 7.80. The molecule has 3 nitrogen and oxygen atoms in total. The maximum atomic E-state index is 12.1. The summed E-state index contributed by atoms with van der Waals surface area (Å²) in [5.41, 5.74) is 5.52. The van der Waals surface area contributed by atoms with Crippen LogP contribution in [0.2, 0.25) is 0 Å². The van der Waals surface area contributed by atoms with Gasteiger partial charge in [-0.2, -0.15) is 0 Å². The van der Waals surface area contributed by atoms with Crippen molar-refractivity contribution < 1.29 is 4.79 Å². The van der Waals surface area contributed by atoms with Crippen LogP contribution in [0.5, 0.6) is 0 Å². The lowest BCUT2D eigenvalue weighted by Gasteiger charge is -2.37. The molecule has 0 aromatic rings. The summed E-state index contributed by atoms with van der Waals surface area (Å²) in [5, 5.41) is 0. The molecule has 1 rings (SSSR count). The van der Waals surface area contributed by atoms with Crippen molar-refractivity contribution >= 4 is 23.1 Å². The molecule has 2 N–H and O–H groups in total. The fourth-order valence-corrected chi connectivity index (χ4v) is 2.56. The van der Waals surface area contributed by atoms with Crippen molar-refractivity contribution in [2.24, 2.45) is 17.6 Å². The van der Waals surface area contributed by atoms with Gasteiger partial charge in [-0.25, -0.2) is 0 Å². The Labute approximate surface area is 103 Å². The van der Waals surface area contributed by atoms with Gasteiger partial charge in [-0.3, -0.25) is 4.79 Å². The summed E-state index contributed by atoms with van der Waals surface area (Å²) in [6.45, 7) is 4.01. The van der Waals surface area contributed by atoms with Crippen LogP contribution in [0.25, 0.3) is 0 Å². The molecule has 0 radical (unpaired) electrons. The summed E-state index contributed by atoms with van der Waals surface area (Å²) in [7, 11) is 1.88. The number of hydrogen-bond donors (Lipinski definition) is 1. The number of rotatable bonds is 3. The summed E-state index contributed by atoms with van der Waals surface area (Å²) < 4.78 is 0. The van der Waals surface area contributed by atoms with E-state index >= 15 is 0 Å². The lowest BCUT2D eigenvalue weighted by molar-refractivity contribution is -0.135. The largest absolute Gasteiger partial charge is 0.393 e. The minimum Gasteiger partial charge on any atom is -0.393 e. The summed E-state index contributed by atoms with van der Waals surface area (Å²) in [6.07, 6.45) is 4.82. The molecule has 1 amide bonds. The average Bonchev–Trinajstić information content (AvgIpc) is 2.26. The van der Waals surface area contributed by atoms with E-state index in [-0.39, 0.29) is 11.8 Å². The Morgan fingerprint density at radius 1 is 1.44 bits per heavy atom. The van der Waals surface area contributed by atoms with E-state index in [0.717, 1.165) is 6.42 Å². The first-order valence-corrected chi connectivity index (χ1v) is 6.42. The van der Waals surface area contributed by atoms with Crippen molar-refractivity contribution in [3.8, 4) is 0 Å². The lowest BCUT2D eigenvalue weighted by Crippen LogP contribution is -2.46. The number of amides is 1. The zero-order valence-corrected chi connectivity index (χ0v) is 11.2. The zero-order valence-electron chi connectivity index (χ0n) is 10.4. The first-order chi connectivity index (χ1) is 7.45. The van der Waals surface area contributed by atoms with Crippen LogP contribution in [0.3, 0.4) is 0 Å². The molecule has 0 bridgehead atoms. The molecule has 3 unspecified atom stereocenters. The Kier molecular flexibility index (Phi) is 4.71. The SMILES string of the molecule is CC(C(=O)N(C)C1CCCCC1C)C(N)=S. The van der Waals surface area contributed by atoms with Crippen LogP contribution in [-0.2, 0) is 4.79 Å². The Morgan fingerprint density at radius 3 is 2.50 bits per heavy atom. The van der Waals surface area contributed by atoms with Crippen molar-refractivity contribution in [2.75, 3.05) is 7.05 Å². The standard InChI is InChI=1S/C12H22N2OS/c1-8-6-4-5-7-10(8)14(3)12(15)9(2)11(13)16/h8-10H,4-7H2,1-3H3,(H2,13,16). The molecule has 1 aliphatic rings. The monoisotopic (exact) mass is 242 g/mol. The predicted molar refractivity (Wildman–Crippen MR) is 70.1 cm³/mol. The van der Waals surface area contributed by atoms with Crippen molar-refractivity contribution in [2.45, 2.75) is 45.6 Å². The second-order valence-electron chi connectivity index (χ2n) is 4.90. The topological polar surface area (TPSA) is 46.3 Å². The Bertz CT molecular complexity index is 280. The molecule has 0 spiro atoms. The van der Waals surface area contributed by atoms with Gasteiger partial charge >= 0.3 is 0 Å². The quantitative estimate of drug-likeness (QED) is 0.769. The van der Waals surface area contributed by atoms with Gasteiger partial charge in [0.05, 0.1) is 10.9 Å². The van der Waals surface area contributed by atoms with Crippen LogP contribution < -0.4 is 5.73 Å². The Balaban J connectivity index is 2.65. The van der Waals surface area contributed by atoms with Crippen molar-refractivity contribution in [3.63, 3.8) is 0 Å². The van der Waals surface area contributed by atoms with E-state index in [0.29, 0.717) is 16.9 Å². The minimum absolute atomic E-state index is 0.0613. The molecule has 4 heteroatoms. The fourth-order valence-electron chi connectivity index (χ4n) is 2.46. The third-order valence-corrected chi connectivity index (χ3v) is 4.06. The third-order valence-electron chi connectivity index (χ3n) is 3.71. The molecule has 1 fully saturated rings. The lowest BCUT2D eigenvalue weighted by atomic mass is 9.84. The van der Waals surface area contributed by atoms with Gasteiger partial charge in [-0.15, -0.1) is 0 Å². The average molecular weight is 242 g/mol. The number of nitrogens with two attached hydrogens (primary N) is 1. The van der Waals surface area contributed by atoms with Crippen LogP contribution in [-0.4, -0.2) is 28.9 Å². The minimum atomic E-state index is -0.339.